The molecule has 5 heteroatoms. The molecule has 1 aliphatic heterocycles. The van der Waals surface area contributed by atoms with E-state index in [0.717, 1.165) is 50.3 Å². The van der Waals surface area contributed by atoms with Gasteiger partial charge in [0.15, 0.2) is 0 Å². The average molecular weight is 337 g/mol. The van der Waals surface area contributed by atoms with Gasteiger partial charge in [0.25, 0.3) is 0 Å². The van der Waals surface area contributed by atoms with Gasteiger partial charge in [-0.1, -0.05) is 23.7 Å². The summed E-state index contributed by atoms with van der Waals surface area (Å²) < 4.78 is 5.54. The first-order valence-corrected chi connectivity index (χ1v) is 8.84. The van der Waals surface area contributed by atoms with Gasteiger partial charge in [-0.15, -0.1) is 0 Å². The maximum absolute atomic E-state index is 12.4. The molecule has 0 spiro atoms. The quantitative estimate of drug-likeness (QED) is 0.888. The van der Waals surface area contributed by atoms with Crippen molar-refractivity contribution in [1.29, 1.82) is 0 Å². The maximum atomic E-state index is 12.4. The first-order chi connectivity index (χ1) is 11.1. The third-order valence-electron chi connectivity index (χ3n) is 5.35. The monoisotopic (exact) mass is 336 g/mol. The van der Waals surface area contributed by atoms with Crippen LogP contribution in [0.5, 0.6) is 0 Å². The largest absolute Gasteiger partial charge is 0.381 e. The Morgan fingerprint density at radius 1 is 1.26 bits per heavy atom. The van der Waals surface area contributed by atoms with Gasteiger partial charge in [0.1, 0.15) is 0 Å². The minimum absolute atomic E-state index is 0.0563. The van der Waals surface area contributed by atoms with Crippen molar-refractivity contribution in [2.45, 2.75) is 43.6 Å². The van der Waals surface area contributed by atoms with E-state index in [1.807, 2.05) is 12.1 Å². The summed E-state index contributed by atoms with van der Waals surface area (Å²) in [6, 6.07) is 8.17. The lowest BCUT2D eigenvalue weighted by Crippen LogP contribution is -2.45. The summed E-state index contributed by atoms with van der Waals surface area (Å²) in [4.78, 5) is 12.4. The molecule has 2 fully saturated rings. The first kappa shape index (κ1) is 16.7. The molecule has 1 aliphatic carbocycles. The normalized spacial score (nSPS) is 26.9. The van der Waals surface area contributed by atoms with Gasteiger partial charge in [0.05, 0.1) is 0 Å². The average Bonchev–Trinajstić information content (AvgIpc) is 3.01. The van der Waals surface area contributed by atoms with E-state index < -0.39 is 0 Å². The van der Waals surface area contributed by atoms with Gasteiger partial charge in [0.2, 0.25) is 5.91 Å². The van der Waals surface area contributed by atoms with Crippen LogP contribution in [0, 0.1) is 5.92 Å². The smallest absolute Gasteiger partial charge is 0.223 e. The molecule has 0 radical (unpaired) electrons. The van der Waals surface area contributed by atoms with E-state index >= 15 is 0 Å². The summed E-state index contributed by atoms with van der Waals surface area (Å²) in [6.07, 6.45) is 4.50. The van der Waals surface area contributed by atoms with Crippen LogP contribution in [-0.4, -0.2) is 31.7 Å². The van der Waals surface area contributed by atoms with Crippen molar-refractivity contribution in [3.63, 3.8) is 0 Å². The summed E-state index contributed by atoms with van der Waals surface area (Å²) in [6.45, 7) is 2.11. The minimum atomic E-state index is -0.0563. The van der Waals surface area contributed by atoms with Crippen molar-refractivity contribution in [2.24, 2.45) is 11.7 Å². The SMILES string of the molecule is NC1CCC(C(=O)NCC2(c3ccc(Cl)cc3)CCOCC2)C1. The van der Waals surface area contributed by atoms with Gasteiger partial charge in [-0.2, -0.15) is 0 Å². The Hall–Kier alpha value is -1.10. The number of carbonyl (C=O) groups is 1. The Bertz CT molecular complexity index is 540. The van der Waals surface area contributed by atoms with E-state index in [0.29, 0.717) is 6.54 Å². The molecular weight excluding hydrogens is 312 g/mol. The standard InChI is InChI=1S/C18H25ClN2O2/c19-15-4-2-14(3-5-15)18(7-9-23-10-8-18)12-21-17(22)13-1-6-16(20)11-13/h2-5,13,16H,1,6-12,20H2,(H,21,22). The number of nitrogens with two attached hydrogens (primary N) is 1. The fourth-order valence-corrected chi connectivity index (χ4v) is 3.91. The molecule has 1 amide bonds. The molecule has 3 rings (SSSR count). The number of hydrogen-bond acceptors (Lipinski definition) is 3. The Balaban J connectivity index is 1.69. The first-order valence-electron chi connectivity index (χ1n) is 8.46. The Morgan fingerprint density at radius 2 is 1.96 bits per heavy atom. The fraction of sp³-hybridized carbons (Fsp3) is 0.611. The van der Waals surface area contributed by atoms with Crippen LogP contribution in [0.3, 0.4) is 0 Å². The van der Waals surface area contributed by atoms with Crippen molar-refractivity contribution in [3.8, 4) is 0 Å². The Morgan fingerprint density at radius 3 is 2.57 bits per heavy atom. The number of halogens is 1. The van der Waals surface area contributed by atoms with Crippen LogP contribution < -0.4 is 11.1 Å². The van der Waals surface area contributed by atoms with Crippen molar-refractivity contribution >= 4 is 17.5 Å². The second-order valence-electron chi connectivity index (χ2n) is 6.89. The van der Waals surface area contributed by atoms with E-state index in [9.17, 15) is 4.79 Å². The number of ether oxygens (including phenoxy) is 1. The van der Waals surface area contributed by atoms with Gasteiger partial charge >= 0.3 is 0 Å². The van der Waals surface area contributed by atoms with Gasteiger partial charge < -0.3 is 15.8 Å². The number of rotatable bonds is 4. The van der Waals surface area contributed by atoms with Crippen molar-refractivity contribution in [3.05, 3.63) is 34.9 Å². The van der Waals surface area contributed by atoms with Crippen LogP contribution >= 0.6 is 11.6 Å². The molecular formula is C18H25ClN2O2. The van der Waals surface area contributed by atoms with Gasteiger partial charge in [-0.05, 0) is 49.8 Å². The number of hydrogen-bond donors (Lipinski definition) is 2. The summed E-state index contributed by atoms with van der Waals surface area (Å²) in [7, 11) is 0. The van der Waals surface area contributed by atoms with E-state index in [4.69, 9.17) is 22.1 Å². The fourth-order valence-electron chi connectivity index (χ4n) is 3.79. The molecule has 3 N–H and O–H groups in total. The Labute approximate surface area is 142 Å². The molecule has 2 unspecified atom stereocenters. The highest BCUT2D eigenvalue weighted by Crippen LogP contribution is 2.35. The molecule has 0 bridgehead atoms. The van der Waals surface area contributed by atoms with Gasteiger partial charge in [-0.25, -0.2) is 0 Å². The number of amides is 1. The van der Waals surface area contributed by atoms with E-state index in [1.54, 1.807) is 0 Å². The molecule has 23 heavy (non-hydrogen) atoms. The lowest BCUT2D eigenvalue weighted by molar-refractivity contribution is -0.125. The second-order valence-corrected chi connectivity index (χ2v) is 7.32. The summed E-state index contributed by atoms with van der Waals surface area (Å²) >= 11 is 6.02. The third kappa shape index (κ3) is 3.87. The molecule has 2 aliphatic rings. The minimum Gasteiger partial charge on any atom is -0.381 e. The third-order valence-corrected chi connectivity index (χ3v) is 5.60. The topological polar surface area (TPSA) is 64.4 Å². The molecule has 1 saturated carbocycles. The molecule has 4 nitrogen and oxygen atoms in total. The Kier molecular flexibility index (Phi) is 5.24. The van der Waals surface area contributed by atoms with Crippen LogP contribution in [0.2, 0.25) is 5.02 Å². The molecule has 1 aromatic carbocycles. The van der Waals surface area contributed by atoms with Crippen LogP contribution in [-0.2, 0) is 14.9 Å². The molecule has 126 valence electrons. The summed E-state index contributed by atoms with van der Waals surface area (Å²) in [5.41, 5.74) is 7.10. The highest BCUT2D eigenvalue weighted by molar-refractivity contribution is 6.30. The molecule has 2 atom stereocenters. The number of carbonyl (C=O) groups excluding carboxylic acids is 1. The van der Waals surface area contributed by atoms with Crippen molar-refractivity contribution in [2.75, 3.05) is 19.8 Å². The zero-order chi connectivity index (χ0) is 16.3. The van der Waals surface area contributed by atoms with Crippen LogP contribution in [0.25, 0.3) is 0 Å². The molecule has 1 saturated heterocycles. The van der Waals surface area contributed by atoms with E-state index in [2.05, 4.69) is 17.4 Å². The van der Waals surface area contributed by atoms with Crippen LogP contribution in [0.1, 0.15) is 37.7 Å². The number of nitrogens with one attached hydrogen (secondary N) is 1. The predicted molar refractivity (Wildman–Crippen MR) is 91.5 cm³/mol. The predicted octanol–water partition coefficient (Wildman–Crippen LogP) is 2.63. The number of benzene rings is 1. The zero-order valence-corrected chi connectivity index (χ0v) is 14.1. The van der Waals surface area contributed by atoms with Crippen LogP contribution in [0.4, 0.5) is 0 Å². The van der Waals surface area contributed by atoms with Gasteiger partial charge in [-0.3, -0.25) is 4.79 Å². The zero-order valence-electron chi connectivity index (χ0n) is 13.4. The lowest BCUT2D eigenvalue weighted by Gasteiger charge is -2.38. The van der Waals surface area contributed by atoms with Crippen molar-refractivity contribution < 1.29 is 9.53 Å². The van der Waals surface area contributed by atoms with E-state index in [-0.39, 0.29) is 23.3 Å². The van der Waals surface area contributed by atoms with Crippen molar-refractivity contribution in [1.82, 2.24) is 5.32 Å². The lowest BCUT2D eigenvalue weighted by atomic mass is 9.74. The molecule has 0 aromatic heterocycles. The second kappa shape index (κ2) is 7.20. The highest BCUT2D eigenvalue weighted by Gasteiger charge is 2.36. The molecule has 1 aromatic rings. The van der Waals surface area contributed by atoms with E-state index in [1.165, 1.54) is 5.56 Å². The summed E-state index contributed by atoms with van der Waals surface area (Å²) in [5, 5.41) is 3.92. The molecule has 1 heterocycles. The maximum Gasteiger partial charge on any atom is 0.223 e. The summed E-state index contributed by atoms with van der Waals surface area (Å²) in [5.74, 6) is 0.227. The highest BCUT2D eigenvalue weighted by atomic mass is 35.5. The van der Waals surface area contributed by atoms with Gasteiger partial charge in [0, 0.05) is 42.2 Å². The van der Waals surface area contributed by atoms with Crippen LogP contribution in [0.15, 0.2) is 24.3 Å².